The van der Waals surface area contributed by atoms with Gasteiger partial charge in [-0.15, -0.1) is 11.8 Å². The van der Waals surface area contributed by atoms with Crippen molar-refractivity contribution in [3.8, 4) is 0 Å². The lowest BCUT2D eigenvalue weighted by atomic mass is 10.2. The van der Waals surface area contributed by atoms with Gasteiger partial charge in [0.05, 0.1) is 5.69 Å². The molecule has 0 aliphatic heterocycles. The van der Waals surface area contributed by atoms with Crippen molar-refractivity contribution in [2.24, 2.45) is 0 Å². The Bertz CT molecular complexity index is 633. The molecule has 5 heteroatoms. The van der Waals surface area contributed by atoms with E-state index in [-0.39, 0.29) is 6.03 Å². The van der Waals surface area contributed by atoms with Gasteiger partial charge in [0.2, 0.25) is 0 Å². The number of halogens is 1. The number of amides is 2. The molecule has 2 aromatic rings. The zero-order valence-corrected chi connectivity index (χ0v) is 13.5. The molecule has 0 bridgehead atoms. The van der Waals surface area contributed by atoms with Crippen molar-refractivity contribution >= 4 is 35.1 Å². The quantitative estimate of drug-likeness (QED) is 0.826. The Morgan fingerprint density at radius 1 is 1.19 bits per heavy atom. The molecule has 0 spiro atoms. The largest absolute Gasteiger partial charge is 0.323 e. The maximum atomic E-state index is 12.3. The Morgan fingerprint density at radius 3 is 2.57 bits per heavy atom. The van der Waals surface area contributed by atoms with E-state index in [4.69, 9.17) is 11.6 Å². The summed E-state index contributed by atoms with van der Waals surface area (Å²) >= 11 is 7.72. The maximum absolute atomic E-state index is 12.3. The first-order valence-corrected chi connectivity index (χ1v) is 8.10. The lowest BCUT2D eigenvalue weighted by molar-refractivity contribution is 0.220. The molecule has 0 aromatic heterocycles. The zero-order valence-electron chi connectivity index (χ0n) is 12.0. The van der Waals surface area contributed by atoms with Crippen molar-refractivity contribution in [3.63, 3.8) is 0 Å². The molecular formula is C16H17ClN2OS. The number of thioether (sulfide) groups is 1. The Hall–Kier alpha value is -1.65. The fraction of sp³-hybridized carbons (Fsp3) is 0.188. The highest BCUT2D eigenvalue weighted by molar-refractivity contribution is 7.98. The summed E-state index contributed by atoms with van der Waals surface area (Å²) in [7, 11) is 1.75. The second kappa shape index (κ2) is 7.38. The Kier molecular flexibility index (Phi) is 5.53. The van der Waals surface area contributed by atoms with Crippen LogP contribution in [0.4, 0.5) is 10.5 Å². The van der Waals surface area contributed by atoms with Gasteiger partial charge in [0.25, 0.3) is 0 Å². The predicted molar refractivity (Wildman–Crippen MR) is 90.2 cm³/mol. The third kappa shape index (κ3) is 4.16. The van der Waals surface area contributed by atoms with E-state index >= 15 is 0 Å². The van der Waals surface area contributed by atoms with Gasteiger partial charge < -0.3 is 10.2 Å². The number of hydrogen-bond donors (Lipinski definition) is 1. The van der Waals surface area contributed by atoms with Gasteiger partial charge in [0.15, 0.2) is 0 Å². The average Bonchev–Trinajstić information content (AvgIpc) is 2.50. The van der Waals surface area contributed by atoms with E-state index in [0.717, 1.165) is 16.1 Å². The number of nitrogens with one attached hydrogen (secondary N) is 1. The second-order valence-corrected chi connectivity index (χ2v) is 5.83. The minimum absolute atomic E-state index is 0.156. The van der Waals surface area contributed by atoms with Crippen LogP contribution in [0, 0.1) is 0 Å². The molecule has 110 valence electrons. The lowest BCUT2D eigenvalue weighted by Crippen LogP contribution is -2.31. The summed E-state index contributed by atoms with van der Waals surface area (Å²) in [6.45, 7) is 0.465. The summed E-state index contributed by atoms with van der Waals surface area (Å²) in [5, 5.41) is 3.59. The highest BCUT2D eigenvalue weighted by atomic mass is 35.5. The minimum atomic E-state index is -0.156. The van der Waals surface area contributed by atoms with Crippen molar-refractivity contribution in [1.82, 2.24) is 4.90 Å². The van der Waals surface area contributed by atoms with Crippen molar-refractivity contribution < 1.29 is 4.79 Å². The van der Waals surface area contributed by atoms with Gasteiger partial charge >= 0.3 is 6.03 Å². The number of carbonyl (C=O) groups excluding carboxylic acids is 1. The molecular weight excluding hydrogens is 304 g/mol. The van der Waals surface area contributed by atoms with Crippen molar-refractivity contribution in [2.45, 2.75) is 11.4 Å². The first kappa shape index (κ1) is 15.7. The highest BCUT2D eigenvalue weighted by Gasteiger charge is 2.12. The molecule has 0 radical (unpaired) electrons. The first-order chi connectivity index (χ1) is 10.1. The number of nitrogens with zero attached hydrogens (tertiary/aromatic N) is 1. The fourth-order valence-corrected chi connectivity index (χ4v) is 2.66. The molecule has 0 aliphatic carbocycles. The summed E-state index contributed by atoms with van der Waals surface area (Å²) < 4.78 is 0. The van der Waals surface area contributed by atoms with Crippen molar-refractivity contribution in [1.29, 1.82) is 0 Å². The van der Waals surface area contributed by atoms with Gasteiger partial charge in [-0.3, -0.25) is 0 Å². The number of hydrogen-bond acceptors (Lipinski definition) is 2. The molecule has 0 aliphatic rings. The summed E-state index contributed by atoms with van der Waals surface area (Å²) in [4.78, 5) is 14.9. The topological polar surface area (TPSA) is 32.3 Å². The number of para-hydroxylation sites is 1. The molecule has 0 heterocycles. The molecule has 0 saturated heterocycles. The van der Waals surface area contributed by atoms with Crippen LogP contribution < -0.4 is 5.32 Å². The summed E-state index contributed by atoms with van der Waals surface area (Å²) in [5.74, 6) is 0. The van der Waals surface area contributed by atoms with Crippen LogP contribution >= 0.6 is 23.4 Å². The van der Waals surface area contributed by atoms with Crippen LogP contribution in [-0.4, -0.2) is 24.2 Å². The molecule has 2 rings (SSSR count). The molecule has 0 atom stereocenters. The van der Waals surface area contributed by atoms with Crippen LogP contribution in [0.25, 0.3) is 0 Å². The third-order valence-electron chi connectivity index (χ3n) is 3.06. The second-order valence-electron chi connectivity index (χ2n) is 4.58. The van der Waals surface area contributed by atoms with E-state index in [0.29, 0.717) is 11.6 Å². The van der Waals surface area contributed by atoms with Crippen molar-refractivity contribution in [2.75, 3.05) is 18.6 Å². The molecule has 21 heavy (non-hydrogen) atoms. The van der Waals surface area contributed by atoms with Gasteiger partial charge in [-0.1, -0.05) is 41.9 Å². The van der Waals surface area contributed by atoms with E-state index in [1.807, 2.05) is 54.8 Å². The van der Waals surface area contributed by atoms with E-state index in [9.17, 15) is 4.79 Å². The average molecular weight is 321 g/mol. The molecule has 0 unspecified atom stereocenters. The van der Waals surface area contributed by atoms with Gasteiger partial charge in [0.1, 0.15) is 0 Å². The van der Waals surface area contributed by atoms with Gasteiger partial charge in [-0.25, -0.2) is 4.79 Å². The van der Waals surface area contributed by atoms with E-state index < -0.39 is 0 Å². The van der Waals surface area contributed by atoms with Crippen LogP contribution in [0.2, 0.25) is 5.02 Å². The molecule has 0 saturated carbocycles. The normalized spacial score (nSPS) is 10.2. The number of benzene rings is 2. The van der Waals surface area contributed by atoms with Crippen LogP contribution in [0.15, 0.2) is 53.4 Å². The summed E-state index contributed by atoms with van der Waals surface area (Å²) in [6.07, 6.45) is 1.98. The van der Waals surface area contributed by atoms with Gasteiger partial charge in [0, 0.05) is 23.5 Å². The number of anilines is 1. The molecule has 3 nitrogen and oxygen atoms in total. The number of carbonyl (C=O) groups is 1. The minimum Gasteiger partial charge on any atom is -0.323 e. The number of urea groups is 1. The lowest BCUT2D eigenvalue weighted by Gasteiger charge is -2.19. The number of rotatable bonds is 4. The molecule has 2 aromatic carbocycles. The van der Waals surface area contributed by atoms with E-state index in [2.05, 4.69) is 5.32 Å². The van der Waals surface area contributed by atoms with Gasteiger partial charge in [-0.05, 0) is 30.0 Å². The van der Waals surface area contributed by atoms with Gasteiger partial charge in [-0.2, -0.15) is 0 Å². The summed E-state index contributed by atoms with van der Waals surface area (Å²) in [6, 6.07) is 15.1. The Morgan fingerprint density at radius 2 is 1.86 bits per heavy atom. The molecule has 2 amide bonds. The van der Waals surface area contributed by atoms with E-state index in [1.54, 1.807) is 23.7 Å². The first-order valence-electron chi connectivity index (χ1n) is 6.50. The van der Waals surface area contributed by atoms with Crippen LogP contribution in [-0.2, 0) is 6.54 Å². The Labute approximate surface area is 134 Å². The van der Waals surface area contributed by atoms with Crippen LogP contribution in [0.3, 0.4) is 0 Å². The standard InChI is InChI=1S/C16H17ClN2OS/c1-19(11-12-7-3-4-8-13(12)17)16(20)18-14-9-5-6-10-15(14)21-2/h3-10H,11H2,1-2H3,(H,18,20). The van der Waals surface area contributed by atoms with Crippen molar-refractivity contribution in [3.05, 3.63) is 59.1 Å². The maximum Gasteiger partial charge on any atom is 0.321 e. The van der Waals surface area contributed by atoms with E-state index in [1.165, 1.54) is 0 Å². The van der Waals surface area contributed by atoms with Crippen LogP contribution in [0.1, 0.15) is 5.56 Å². The molecule has 0 fully saturated rings. The smallest absolute Gasteiger partial charge is 0.321 e. The predicted octanol–water partition coefficient (Wildman–Crippen LogP) is 4.73. The Balaban J connectivity index is 2.05. The fourth-order valence-electron chi connectivity index (χ4n) is 1.91. The SMILES string of the molecule is CSc1ccccc1NC(=O)N(C)Cc1ccccc1Cl. The molecule has 1 N–H and O–H groups in total. The summed E-state index contributed by atoms with van der Waals surface area (Å²) in [5.41, 5.74) is 1.75. The third-order valence-corrected chi connectivity index (χ3v) is 4.23. The highest BCUT2D eigenvalue weighted by Crippen LogP contribution is 2.25. The van der Waals surface area contributed by atoms with Crippen LogP contribution in [0.5, 0.6) is 0 Å². The monoisotopic (exact) mass is 320 g/mol. The zero-order chi connectivity index (χ0) is 15.2.